The largest absolute Gasteiger partial charge is 0.449 e. The highest BCUT2D eigenvalue weighted by Gasteiger charge is 2.28. The first-order valence-electron chi connectivity index (χ1n) is 9.52. The molecule has 4 rings (SSSR count). The molecule has 1 heterocycles. The maximum atomic E-state index is 12.1. The molecule has 1 aromatic heterocycles. The first kappa shape index (κ1) is 19.2. The number of benzene rings is 2. The molecule has 0 radical (unpaired) electrons. The molecule has 146 valence electrons. The Morgan fingerprint density at radius 3 is 2.38 bits per heavy atom. The Morgan fingerprint density at radius 2 is 1.72 bits per heavy atom. The lowest BCUT2D eigenvalue weighted by Crippen LogP contribution is -2.26. The van der Waals surface area contributed by atoms with Crippen molar-refractivity contribution in [3.8, 4) is 11.1 Å². The molecule has 4 nitrogen and oxygen atoms in total. The number of aromatic nitrogens is 1. The van der Waals surface area contributed by atoms with Crippen molar-refractivity contribution in [3.05, 3.63) is 94.3 Å². The summed E-state index contributed by atoms with van der Waals surface area (Å²) in [7, 11) is 0. The lowest BCUT2D eigenvalue weighted by Gasteiger charge is -2.14. The van der Waals surface area contributed by atoms with Crippen LogP contribution in [0.25, 0.3) is 17.2 Å². The zero-order chi connectivity index (χ0) is 20.2. The van der Waals surface area contributed by atoms with Gasteiger partial charge in [-0.3, -0.25) is 0 Å². The highest BCUT2D eigenvalue weighted by Crippen LogP contribution is 2.44. The topological polar surface area (TPSA) is 51.2 Å². The van der Waals surface area contributed by atoms with Crippen LogP contribution in [0.4, 0.5) is 4.79 Å². The van der Waals surface area contributed by atoms with Crippen molar-refractivity contribution in [2.24, 2.45) is 0 Å². The van der Waals surface area contributed by atoms with E-state index in [2.05, 4.69) is 34.6 Å². The fourth-order valence-corrected chi connectivity index (χ4v) is 3.88. The van der Waals surface area contributed by atoms with Crippen LogP contribution in [-0.2, 0) is 4.74 Å². The quantitative estimate of drug-likeness (QED) is 0.563. The predicted octanol–water partition coefficient (Wildman–Crippen LogP) is 5.60. The number of hydrogen-bond donors (Lipinski definition) is 1. The molecular formula is C24H21ClN2O2. The van der Waals surface area contributed by atoms with Crippen molar-refractivity contribution in [2.75, 3.05) is 13.2 Å². The molecular weight excluding hydrogens is 384 g/mol. The third-order valence-electron chi connectivity index (χ3n) is 5.10. The van der Waals surface area contributed by atoms with Gasteiger partial charge in [0, 0.05) is 18.2 Å². The smallest absolute Gasteiger partial charge is 0.407 e. The van der Waals surface area contributed by atoms with E-state index in [1.807, 2.05) is 49.4 Å². The summed E-state index contributed by atoms with van der Waals surface area (Å²) < 4.78 is 5.52. The molecule has 0 fully saturated rings. The van der Waals surface area contributed by atoms with E-state index in [4.69, 9.17) is 16.3 Å². The van der Waals surface area contributed by atoms with E-state index >= 15 is 0 Å². The summed E-state index contributed by atoms with van der Waals surface area (Å²) in [6, 6.07) is 20.2. The van der Waals surface area contributed by atoms with Gasteiger partial charge in [0.05, 0.1) is 0 Å². The average Bonchev–Trinajstić information content (AvgIpc) is 3.05. The van der Waals surface area contributed by atoms with E-state index in [0.717, 1.165) is 11.3 Å². The number of alkyl carbamates (subject to hydrolysis) is 1. The van der Waals surface area contributed by atoms with Crippen LogP contribution in [-0.4, -0.2) is 24.2 Å². The Bertz CT molecular complexity index is 1030. The molecule has 1 aliphatic rings. The Morgan fingerprint density at radius 1 is 1.07 bits per heavy atom. The summed E-state index contributed by atoms with van der Waals surface area (Å²) in [6.07, 6.45) is 3.34. The van der Waals surface area contributed by atoms with Gasteiger partial charge in [-0.15, -0.1) is 0 Å². The molecule has 1 amide bonds. The SMILES string of the molecule is Cc1nc(Cl)ccc1C=CCNC(=O)OCC1c2ccccc2-c2ccccc21. The van der Waals surface area contributed by atoms with Gasteiger partial charge in [0.15, 0.2) is 0 Å². The van der Waals surface area contributed by atoms with E-state index < -0.39 is 6.09 Å². The fourth-order valence-electron chi connectivity index (χ4n) is 3.69. The van der Waals surface area contributed by atoms with Crippen LogP contribution in [0, 0.1) is 6.92 Å². The van der Waals surface area contributed by atoms with Crippen LogP contribution in [0.5, 0.6) is 0 Å². The number of amides is 1. The Kier molecular flexibility index (Phi) is 5.63. The van der Waals surface area contributed by atoms with Crippen LogP contribution in [0.2, 0.25) is 5.15 Å². The molecule has 0 saturated carbocycles. The van der Waals surface area contributed by atoms with Crippen LogP contribution in [0.1, 0.15) is 28.3 Å². The normalized spacial score (nSPS) is 12.6. The lowest BCUT2D eigenvalue weighted by atomic mass is 9.98. The van der Waals surface area contributed by atoms with Gasteiger partial charge in [-0.05, 0) is 40.8 Å². The van der Waals surface area contributed by atoms with E-state index in [9.17, 15) is 4.79 Å². The number of carbonyl (C=O) groups excluding carboxylic acids is 1. The Hall–Kier alpha value is -3.11. The van der Waals surface area contributed by atoms with Gasteiger partial charge in [-0.1, -0.05) is 78.4 Å². The fraction of sp³-hybridized carbons (Fsp3) is 0.167. The minimum atomic E-state index is -0.428. The summed E-state index contributed by atoms with van der Waals surface area (Å²) in [4.78, 5) is 16.3. The van der Waals surface area contributed by atoms with E-state index in [0.29, 0.717) is 18.3 Å². The van der Waals surface area contributed by atoms with Gasteiger partial charge in [-0.25, -0.2) is 9.78 Å². The molecule has 3 aromatic rings. The predicted molar refractivity (Wildman–Crippen MR) is 116 cm³/mol. The molecule has 0 spiro atoms. The second-order valence-electron chi connectivity index (χ2n) is 6.92. The molecule has 1 N–H and O–H groups in total. The van der Waals surface area contributed by atoms with Crippen LogP contribution in [0.15, 0.2) is 66.7 Å². The maximum absolute atomic E-state index is 12.1. The zero-order valence-electron chi connectivity index (χ0n) is 16.1. The number of halogens is 1. The summed E-state index contributed by atoms with van der Waals surface area (Å²) in [5, 5.41) is 3.23. The molecule has 0 bridgehead atoms. The molecule has 0 saturated heterocycles. The van der Waals surface area contributed by atoms with Gasteiger partial charge >= 0.3 is 6.09 Å². The van der Waals surface area contributed by atoms with E-state index in [1.54, 1.807) is 6.07 Å². The minimum absolute atomic E-state index is 0.0616. The number of aryl methyl sites for hydroxylation is 1. The van der Waals surface area contributed by atoms with Gasteiger partial charge in [0.1, 0.15) is 11.8 Å². The minimum Gasteiger partial charge on any atom is -0.449 e. The maximum Gasteiger partial charge on any atom is 0.407 e. The Labute approximate surface area is 175 Å². The number of fused-ring (bicyclic) bond motifs is 3. The monoisotopic (exact) mass is 404 g/mol. The molecule has 5 heteroatoms. The molecule has 0 unspecified atom stereocenters. The first-order valence-corrected chi connectivity index (χ1v) is 9.90. The summed E-state index contributed by atoms with van der Waals surface area (Å²) in [5.74, 6) is 0.0616. The molecule has 0 atom stereocenters. The van der Waals surface area contributed by atoms with Crippen LogP contribution >= 0.6 is 11.6 Å². The number of hydrogen-bond acceptors (Lipinski definition) is 3. The van der Waals surface area contributed by atoms with Crippen molar-refractivity contribution < 1.29 is 9.53 Å². The first-order chi connectivity index (χ1) is 14.1. The third-order valence-corrected chi connectivity index (χ3v) is 5.31. The number of nitrogens with zero attached hydrogens (tertiary/aromatic N) is 1. The number of nitrogens with one attached hydrogen (secondary N) is 1. The number of ether oxygens (including phenoxy) is 1. The molecule has 2 aromatic carbocycles. The van der Waals surface area contributed by atoms with Crippen molar-refractivity contribution in [1.82, 2.24) is 10.3 Å². The average molecular weight is 405 g/mol. The van der Waals surface area contributed by atoms with Gasteiger partial charge in [-0.2, -0.15) is 0 Å². The number of pyridine rings is 1. The standard InChI is InChI=1S/C24H21ClN2O2/c1-16-17(12-13-23(25)27-16)7-6-14-26-24(28)29-15-22-20-10-4-2-8-18(20)19-9-3-5-11-21(19)22/h2-13,22H,14-15H2,1H3,(H,26,28). The Balaban J connectivity index is 1.34. The van der Waals surface area contributed by atoms with Crippen molar-refractivity contribution in [3.63, 3.8) is 0 Å². The van der Waals surface area contributed by atoms with E-state index in [-0.39, 0.29) is 5.92 Å². The lowest BCUT2D eigenvalue weighted by molar-refractivity contribution is 0.144. The van der Waals surface area contributed by atoms with Gasteiger partial charge < -0.3 is 10.1 Å². The second kappa shape index (κ2) is 8.50. The zero-order valence-corrected chi connectivity index (χ0v) is 16.8. The highest BCUT2D eigenvalue weighted by atomic mass is 35.5. The van der Waals surface area contributed by atoms with Crippen LogP contribution < -0.4 is 5.32 Å². The number of rotatable bonds is 5. The highest BCUT2D eigenvalue weighted by molar-refractivity contribution is 6.29. The van der Waals surface area contributed by atoms with Crippen molar-refractivity contribution in [1.29, 1.82) is 0 Å². The van der Waals surface area contributed by atoms with Gasteiger partial charge in [0.2, 0.25) is 0 Å². The van der Waals surface area contributed by atoms with Crippen LogP contribution in [0.3, 0.4) is 0 Å². The summed E-state index contributed by atoms with van der Waals surface area (Å²) >= 11 is 5.86. The van der Waals surface area contributed by atoms with Crippen molar-refractivity contribution >= 4 is 23.8 Å². The van der Waals surface area contributed by atoms with Gasteiger partial charge in [0.25, 0.3) is 0 Å². The molecule has 29 heavy (non-hydrogen) atoms. The van der Waals surface area contributed by atoms with E-state index in [1.165, 1.54) is 22.3 Å². The second-order valence-corrected chi connectivity index (χ2v) is 7.30. The molecule has 1 aliphatic carbocycles. The third kappa shape index (κ3) is 4.17. The summed E-state index contributed by atoms with van der Waals surface area (Å²) in [5.41, 5.74) is 6.64. The molecule has 0 aliphatic heterocycles. The summed E-state index contributed by atoms with van der Waals surface area (Å²) in [6.45, 7) is 2.58. The van der Waals surface area contributed by atoms with Crippen molar-refractivity contribution in [2.45, 2.75) is 12.8 Å². The number of carbonyl (C=O) groups is 1.